The van der Waals surface area contributed by atoms with Gasteiger partial charge < -0.3 is 5.32 Å². The van der Waals surface area contributed by atoms with Crippen LogP contribution in [0.15, 0.2) is 29.2 Å². The van der Waals surface area contributed by atoms with Gasteiger partial charge in [-0.05, 0) is 31.9 Å². The van der Waals surface area contributed by atoms with Crippen molar-refractivity contribution in [1.29, 1.82) is 0 Å². The number of sulfone groups is 1. The molecule has 0 heterocycles. The molecule has 4 nitrogen and oxygen atoms in total. The molecule has 0 spiro atoms. The summed E-state index contributed by atoms with van der Waals surface area (Å²) < 4.78 is 24.5. The second kappa shape index (κ2) is 8.48. The molecule has 0 radical (unpaired) electrons. The first-order valence-electron chi connectivity index (χ1n) is 8.56. The summed E-state index contributed by atoms with van der Waals surface area (Å²) in [7, 11) is -3.39. The van der Waals surface area contributed by atoms with Crippen LogP contribution in [0.4, 0.5) is 0 Å². The number of carbonyl (C=O) groups is 1. The third kappa shape index (κ3) is 5.98. The van der Waals surface area contributed by atoms with Gasteiger partial charge in [0.1, 0.15) is 0 Å². The highest BCUT2D eigenvalue weighted by Crippen LogP contribution is 2.17. The fraction of sp³-hybridized carbons (Fsp3) is 0.611. The highest BCUT2D eigenvalue weighted by Gasteiger charge is 2.18. The molecule has 0 aromatic heterocycles. The molecule has 1 aromatic carbocycles. The standard InChI is InChI=1S/C18H27NO3S/c1-15-9-11-17(12-10-15)23(21,22)14-13-18(20)19-16-7-5-3-2-4-6-8-16/h9-12,16H,2-8,13-14H2,1H3,(H,19,20). The van der Waals surface area contributed by atoms with Crippen LogP contribution in [0.5, 0.6) is 0 Å². The maximum Gasteiger partial charge on any atom is 0.221 e. The van der Waals surface area contributed by atoms with Crippen LogP contribution in [0.3, 0.4) is 0 Å². The molecule has 1 saturated carbocycles. The van der Waals surface area contributed by atoms with Gasteiger partial charge in [0.05, 0.1) is 10.6 Å². The largest absolute Gasteiger partial charge is 0.353 e. The quantitative estimate of drug-likeness (QED) is 0.896. The maximum atomic E-state index is 12.3. The van der Waals surface area contributed by atoms with E-state index in [0.717, 1.165) is 31.2 Å². The van der Waals surface area contributed by atoms with Crippen LogP contribution < -0.4 is 5.32 Å². The predicted octanol–water partition coefficient (Wildman–Crippen LogP) is 3.39. The Morgan fingerprint density at radius 1 is 1.04 bits per heavy atom. The molecule has 0 saturated heterocycles. The number of nitrogens with one attached hydrogen (secondary N) is 1. The fourth-order valence-electron chi connectivity index (χ4n) is 2.99. The van der Waals surface area contributed by atoms with Gasteiger partial charge in [0.2, 0.25) is 5.91 Å². The number of amides is 1. The van der Waals surface area contributed by atoms with Crippen molar-refractivity contribution >= 4 is 15.7 Å². The second-order valence-electron chi connectivity index (χ2n) is 6.49. The zero-order valence-electron chi connectivity index (χ0n) is 13.9. The number of benzene rings is 1. The van der Waals surface area contributed by atoms with E-state index in [1.165, 1.54) is 19.3 Å². The van der Waals surface area contributed by atoms with Crippen LogP contribution in [0.2, 0.25) is 0 Å². The topological polar surface area (TPSA) is 63.2 Å². The normalized spacial score (nSPS) is 17.3. The van der Waals surface area contributed by atoms with Crippen molar-refractivity contribution in [2.75, 3.05) is 5.75 Å². The number of aryl methyl sites for hydroxylation is 1. The van der Waals surface area contributed by atoms with Gasteiger partial charge in [0.25, 0.3) is 0 Å². The molecule has 1 aliphatic carbocycles. The summed E-state index contributed by atoms with van der Waals surface area (Å²) in [4.78, 5) is 12.4. The average Bonchev–Trinajstić information content (AvgIpc) is 2.48. The minimum Gasteiger partial charge on any atom is -0.353 e. The summed E-state index contributed by atoms with van der Waals surface area (Å²) in [5, 5.41) is 3.02. The molecular formula is C18H27NO3S. The van der Waals surface area contributed by atoms with Crippen LogP contribution >= 0.6 is 0 Å². The molecule has 1 fully saturated rings. The SMILES string of the molecule is Cc1ccc(S(=O)(=O)CCC(=O)NC2CCCCCCC2)cc1. The van der Waals surface area contributed by atoms with E-state index in [9.17, 15) is 13.2 Å². The highest BCUT2D eigenvalue weighted by atomic mass is 32.2. The predicted molar refractivity (Wildman–Crippen MR) is 92.1 cm³/mol. The zero-order valence-corrected chi connectivity index (χ0v) is 14.7. The van der Waals surface area contributed by atoms with Crippen molar-refractivity contribution in [1.82, 2.24) is 5.32 Å². The average molecular weight is 337 g/mol. The Morgan fingerprint density at radius 2 is 1.61 bits per heavy atom. The van der Waals surface area contributed by atoms with E-state index < -0.39 is 9.84 Å². The minimum absolute atomic E-state index is 0.0344. The van der Waals surface area contributed by atoms with E-state index in [-0.39, 0.29) is 24.1 Å². The maximum absolute atomic E-state index is 12.3. The van der Waals surface area contributed by atoms with Crippen LogP contribution in [-0.4, -0.2) is 26.1 Å². The Bertz CT molecular complexity index is 600. The molecule has 128 valence electrons. The summed E-state index contributed by atoms with van der Waals surface area (Å²) in [5.74, 6) is -0.277. The van der Waals surface area contributed by atoms with Gasteiger partial charge in [0.15, 0.2) is 9.84 Å². The Morgan fingerprint density at radius 3 is 2.22 bits per heavy atom. The van der Waals surface area contributed by atoms with E-state index in [1.54, 1.807) is 24.3 Å². The van der Waals surface area contributed by atoms with E-state index in [0.29, 0.717) is 4.90 Å². The van der Waals surface area contributed by atoms with E-state index in [4.69, 9.17) is 0 Å². The molecule has 23 heavy (non-hydrogen) atoms. The number of hydrogen-bond acceptors (Lipinski definition) is 3. The molecule has 1 aliphatic rings. The molecule has 5 heteroatoms. The Kier molecular flexibility index (Phi) is 6.63. The number of rotatable bonds is 5. The molecule has 1 aromatic rings. The smallest absolute Gasteiger partial charge is 0.221 e. The zero-order chi connectivity index (χ0) is 16.7. The molecule has 0 atom stereocenters. The first-order chi connectivity index (χ1) is 11.0. The van der Waals surface area contributed by atoms with Gasteiger partial charge in [-0.15, -0.1) is 0 Å². The molecule has 1 N–H and O–H groups in total. The third-order valence-corrected chi connectivity index (χ3v) is 6.18. The summed E-state index contributed by atoms with van der Waals surface area (Å²) in [5.41, 5.74) is 1.02. The van der Waals surface area contributed by atoms with Gasteiger partial charge in [-0.25, -0.2) is 8.42 Å². The fourth-order valence-corrected chi connectivity index (χ4v) is 4.23. The van der Waals surface area contributed by atoms with E-state index in [1.807, 2.05) is 6.92 Å². The van der Waals surface area contributed by atoms with Gasteiger partial charge in [-0.2, -0.15) is 0 Å². The Balaban J connectivity index is 1.84. The summed E-state index contributed by atoms with van der Waals surface area (Å²) in [6, 6.07) is 6.99. The van der Waals surface area contributed by atoms with E-state index in [2.05, 4.69) is 5.32 Å². The molecule has 2 rings (SSSR count). The van der Waals surface area contributed by atoms with Crippen LogP contribution in [0, 0.1) is 6.92 Å². The lowest BCUT2D eigenvalue weighted by Crippen LogP contribution is -2.36. The number of hydrogen-bond donors (Lipinski definition) is 1. The Hall–Kier alpha value is -1.36. The van der Waals surface area contributed by atoms with Crippen LogP contribution in [-0.2, 0) is 14.6 Å². The van der Waals surface area contributed by atoms with Gasteiger partial charge in [-0.1, -0.05) is 49.8 Å². The Labute approximate surface area is 139 Å². The lowest BCUT2D eigenvalue weighted by atomic mass is 9.97. The van der Waals surface area contributed by atoms with Gasteiger partial charge in [0, 0.05) is 12.5 Å². The van der Waals surface area contributed by atoms with Crippen molar-refractivity contribution in [2.45, 2.75) is 69.2 Å². The molecule has 0 bridgehead atoms. The van der Waals surface area contributed by atoms with Crippen LogP contribution in [0.1, 0.15) is 56.9 Å². The summed E-state index contributed by atoms with van der Waals surface area (Å²) >= 11 is 0. The van der Waals surface area contributed by atoms with Crippen molar-refractivity contribution < 1.29 is 13.2 Å². The lowest BCUT2D eigenvalue weighted by Gasteiger charge is -2.21. The molecular weight excluding hydrogens is 310 g/mol. The molecule has 0 aliphatic heterocycles. The van der Waals surface area contributed by atoms with Crippen LogP contribution in [0.25, 0.3) is 0 Å². The van der Waals surface area contributed by atoms with Crippen molar-refractivity contribution in [3.8, 4) is 0 Å². The first kappa shape index (κ1) is 18.0. The lowest BCUT2D eigenvalue weighted by molar-refractivity contribution is -0.121. The summed E-state index contributed by atoms with van der Waals surface area (Å²) in [6.07, 6.45) is 8.09. The van der Waals surface area contributed by atoms with Crippen molar-refractivity contribution in [3.05, 3.63) is 29.8 Å². The molecule has 0 unspecified atom stereocenters. The monoisotopic (exact) mass is 337 g/mol. The molecule has 1 amide bonds. The third-order valence-electron chi connectivity index (χ3n) is 4.45. The number of carbonyl (C=O) groups excluding carboxylic acids is 1. The van der Waals surface area contributed by atoms with Crippen molar-refractivity contribution in [3.63, 3.8) is 0 Å². The first-order valence-corrected chi connectivity index (χ1v) is 10.2. The van der Waals surface area contributed by atoms with Gasteiger partial charge >= 0.3 is 0 Å². The van der Waals surface area contributed by atoms with E-state index >= 15 is 0 Å². The second-order valence-corrected chi connectivity index (χ2v) is 8.60. The minimum atomic E-state index is -3.39. The van der Waals surface area contributed by atoms with Gasteiger partial charge in [-0.3, -0.25) is 4.79 Å². The highest BCUT2D eigenvalue weighted by molar-refractivity contribution is 7.91. The van der Waals surface area contributed by atoms with Crippen molar-refractivity contribution in [2.24, 2.45) is 0 Å². The summed E-state index contributed by atoms with van der Waals surface area (Å²) in [6.45, 7) is 1.92.